The molecule has 1 N–H and O–H groups in total. The molecule has 172 valence electrons. The Morgan fingerprint density at radius 1 is 0.727 bits per heavy atom. The van der Waals surface area contributed by atoms with Gasteiger partial charge in [0, 0.05) is 4.47 Å². The Hall–Kier alpha value is -2.52. The van der Waals surface area contributed by atoms with Crippen molar-refractivity contribution < 1.29 is 9.84 Å². The highest BCUT2D eigenvalue weighted by atomic mass is 79.9. The number of aromatic hydroxyl groups is 1. The normalized spacial score (nSPS) is 18.5. The van der Waals surface area contributed by atoms with Crippen molar-refractivity contribution in [3.63, 3.8) is 0 Å². The largest absolute Gasteiger partial charge is 0.508 e. The molecule has 0 bridgehead atoms. The van der Waals surface area contributed by atoms with Gasteiger partial charge in [-0.1, -0.05) is 79.2 Å². The maximum absolute atomic E-state index is 9.13. The van der Waals surface area contributed by atoms with Gasteiger partial charge in [0.25, 0.3) is 0 Å². The van der Waals surface area contributed by atoms with Crippen molar-refractivity contribution in [2.45, 2.75) is 52.6 Å². The van der Waals surface area contributed by atoms with Crippen LogP contribution in [0.3, 0.4) is 0 Å². The van der Waals surface area contributed by atoms with Gasteiger partial charge in [-0.2, -0.15) is 0 Å². The van der Waals surface area contributed by atoms with Crippen molar-refractivity contribution in [1.29, 1.82) is 0 Å². The molecule has 0 saturated heterocycles. The van der Waals surface area contributed by atoms with Crippen LogP contribution in [0.4, 0.5) is 0 Å². The van der Waals surface area contributed by atoms with Gasteiger partial charge >= 0.3 is 0 Å². The lowest BCUT2D eigenvalue weighted by molar-refractivity contribution is 0.0883. The second-order valence-corrected chi connectivity index (χ2v) is 11.1. The summed E-state index contributed by atoms with van der Waals surface area (Å²) in [6.45, 7) is 7.08. The molecule has 3 heteroatoms. The van der Waals surface area contributed by atoms with Crippen molar-refractivity contribution in [3.05, 3.63) is 83.3 Å². The summed E-state index contributed by atoms with van der Waals surface area (Å²) in [4.78, 5) is 0. The van der Waals surface area contributed by atoms with Crippen LogP contribution in [0.5, 0.6) is 11.5 Å². The van der Waals surface area contributed by atoms with E-state index in [4.69, 9.17) is 9.84 Å². The average molecular weight is 505 g/mol. The van der Waals surface area contributed by atoms with Crippen LogP contribution in [-0.2, 0) is 0 Å². The molecule has 1 aliphatic rings. The minimum Gasteiger partial charge on any atom is -0.508 e. The number of halogens is 1. The molecule has 1 fully saturated rings. The summed E-state index contributed by atoms with van der Waals surface area (Å²) in [5.41, 5.74) is 0.432. The molecule has 5 rings (SSSR count). The lowest BCUT2D eigenvalue weighted by Gasteiger charge is -2.37. The van der Waals surface area contributed by atoms with Crippen LogP contribution in [0, 0.1) is 11.3 Å². The summed E-state index contributed by atoms with van der Waals surface area (Å²) in [5, 5.41) is 13.9. The van der Waals surface area contributed by atoms with Crippen molar-refractivity contribution >= 4 is 37.5 Å². The van der Waals surface area contributed by atoms with E-state index in [1.54, 1.807) is 12.1 Å². The van der Waals surface area contributed by atoms with Crippen LogP contribution in [0.2, 0.25) is 0 Å². The van der Waals surface area contributed by atoms with Gasteiger partial charge in [0.1, 0.15) is 11.5 Å². The summed E-state index contributed by atoms with van der Waals surface area (Å²) >= 11 is 3.52. The molecule has 2 nitrogen and oxygen atoms in total. The fourth-order valence-electron chi connectivity index (χ4n) is 4.68. The highest BCUT2D eigenvalue weighted by molar-refractivity contribution is 9.10. The van der Waals surface area contributed by atoms with Gasteiger partial charge in [-0.15, -0.1) is 0 Å². The molecular weight excluding hydrogens is 472 g/mol. The van der Waals surface area contributed by atoms with Crippen LogP contribution in [0.15, 0.2) is 83.3 Å². The summed E-state index contributed by atoms with van der Waals surface area (Å²) in [5.74, 6) is 2.17. The minimum absolute atomic E-state index is 0.323. The van der Waals surface area contributed by atoms with Gasteiger partial charge in [0.15, 0.2) is 0 Å². The van der Waals surface area contributed by atoms with Crippen LogP contribution in [0.25, 0.3) is 21.5 Å². The Balaban J connectivity index is 0.000000196. The standard InChI is InChI=1S/C20H25BrO.C10H8O/c1-20(2,3)16-6-10-18(11-7-16)22-19-9-5-14-12-17(21)8-4-15(14)13-19;11-10-6-5-8-3-1-2-4-9(8)7-10/h4-5,8-9,12-13,16,18H,6-7,10-11H2,1-3H3;1-7,11H. The van der Waals surface area contributed by atoms with Gasteiger partial charge in [-0.25, -0.2) is 0 Å². The fraction of sp³-hybridized carbons (Fsp3) is 0.333. The Kier molecular flexibility index (Phi) is 7.29. The molecule has 0 aliphatic heterocycles. The lowest BCUT2D eigenvalue weighted by atomic mass is 9.72. The van der Waals surface area contributed by atoms with Gasteiger partial charge in [0.05, 0.1) is 6.10 Å². The first-order valence-corrected chi connectivity index (χ1v) is 12.6. The zero-order valence-corrected chi connectivity index (χ0v) is 21.3. The molecule has 4 aromatic rings. The third-order valence-electron chi connectivity index (χ3n) is 6.71. The third-order valence-corrected chi connectivity index (χ3v) is 7.20. The third kappa shape index (κ3) is 6.29. The van der Waals surface area contributed by atoms with Crippen LogP contribution in [0.1, 0.15) is 46.5 Å². The first-order valence-electron chi connectivity index (χ1n) is 11.8. The number of hydrogen-bond acceptors (Lipinski definition) is 2. The SMILES string of the molecule is CC(C)(C)C1CCC(Oc2ccc3cc(Br)ccc3c2)CC1.Oc1ccc2ccccc2c1. The topological polar surface area (TPSA) is 29.5 Å². The number of fused-ring (bicyclic) bond motifs is 2. The van der Waals surface area contributed by atoms with E-state index in [0.717, 1.165) is 26.9 Å². The summed E-state index contributed by atoms with van der Waals surface area (Å²) in [6.07, 6.45) is 5.32. The molecule has 4 aromatic carbocycles. The molecular formula is C30H33BrO2. The Morgan fingerprint density at radius 3 is 2.06 bits per heavy atom. The van der Waals surface area contributed by atoms with E-state index < -0.39 is 0 Å². The number of phenols is 1. The van der Waals surface area contributed by atoms with Crippen molar-refractivity contribution in [1.82, 2.24) is 0 Å². The number of ether oxygens (including phenoxy) is 1. The summed E-state index contributed by atoms with van der Waals surface area (Å²) < 4.78 is 7.36. The van der Waals surface area contributed by atoms with Gasteiger partial charge in [-0.3, -0.25) is 0 Å². The maximum atomic E-state index is 9.13. The fourth-order valence-corrected chi connectivity index (χ4v) is 5.06. The van der Waals surface area contributed by atoms with Crippen LogP contribution < -0.4 is 4.74 Å². The smallest absolute Gasteiger partial charge is 0.120 e. The number of benzene rings is 4. The molecule has 0 radical (unpaired) electrons. The van der Waals surface area contributed by atoms with Gasteiger partial charge in [0.2, 0.25) is 0 Å². The second-order valence-electron chi connectivity index (χ2n) is 10.1. The Bertz CT molecular complexity index is 1220. The number of hydrogen-bond donors (Lipinski definition) is 1. The molecule has 0 atom stereocenters. The van der Waals surface area contributed by atoms with Gasteiger partial charge < -0.3 is 9.84 Å². The first-order chi connectivity index (χ1) is 15.8. The first kappa shape index (κ1) is 23.6. The van der Waals surface area contributed by atoms with E-state index in [-0.39, 0.29) is 0 Å². The van der Waals surface area contributed by atoms with Crippen molar-refractivity contribution in [2.24, 2.45) is 11.3 Å². The van der Waals surface area contributed by atoms with E-state index in [2.05, 4.69) is 73.1 Å². The molecule has 0 spiro atoms. The molecule has 0 unspecified atom stereocenters. The lowest BCUT2D eigenvalue weighted by Crippen LogP contribution is -2.30. The second kappa shape index (κ2) is 10.2. The van der Waals surface area contributed by atoms with Gasteiger partial charge in [-0.05, 0) is 95.0 Å². The highest BCUT2D eigenvalue weighted by Gasteiger charge is 2.30. The molecule has 1 saturated carbocycles. The zero-order valence-electron chi connectivity index (χ0n) is 19.7. The predicted octanol–water partition coefficient (Wildman–Crippen LogP) is 9.13. The summed E-state index contributed by atoms with van der Waals surface area (Å²) in [7, 11) is 0. The molecule has 33 heavy (non-hydrogen) atoms. The molecule has 0 aromatic heterocycles. The molecule has 1 aliphatic carbocycles. The van der Waals surface area contributed by atoms with Crippen molar-refractivity contribution in [2.75, 3.05) is 0 Å². The molecule has 0 amide bonds. The van der Waals surface area contributed by atoms with E-state index >= 15 is 0 Å². The zero-order chi connectivity index (χ0) is 23.4. The summed E-state index contributed by atoms with van der Waals surface area (Å²) in [6, 6.07) is 26.1. The number of rotatable bonds is 2. The highest BCUT2D eigenvalue weighted by Crippen LogP contribution is 2.39. The van der Waals surface area contributed by atoms with E-state index in [1.807, 2.05) is 30.3 Å². The minimum atomic E-state index is 0.323. The maximum Gasteiger partial charge on any atom is 0.120 e. The van der Waals surface area contributed by atoms with E-state index in [0.29, 0.717) is 17.3 Å². The van der Waals surface area contributed by atoms with Crippen LogP contribution >= 0.6 is 15.9 Å². The number of phenolic OH excluding ortho intramolecular Hbond substituents is 1. The van der Waals surface area contributed by atoms with Crippen LogP contribution in [-0.4, -0.2) is 11.2 Å². The van der Waals surface area contributed by atoms with E-state index in [9.17, 15) is 0 Å². The monoisotopic (exact) mass is 504 g/mol. The van der Waals surface area contributed by atoms with E-state index in [1.165, 1.54) is 36.5 Å². The predicted molar refractivity (Wildman–Crippen MR) is 143 cm³/mol. The van der Waals surface area contributed by atoms with Crippen molar-refractivity contribution in [3.8, 4) is 11.5 Å². The average Bonchev–Trinajstić information content (AvgIpc) is 2.79. The Labute approximate surface area is 205 Å². The quantitative estimate of drug-likeness (QED) is 0.294. The Morgan fingerprint density at radius 2 is 1.33 bits per heavy atom. The molecule has 0 heterocycles.